The van der Waals surface area contributed by atoms with Gasteiger partial charge in [0, 0.05) is 18.6 Å². The minimum absolute atomic E-state index is 0.579. The first-order valence-corrected chi connectivity index (χ1v) is 7.55. The highest BCUT2D eigenvalue weighted by molar-refractivity contribution is 7.71. The standard InChI is InChI=1S/C13H22N4S/c1-3-10-5-4-9(2)16(8-10)12-14-15-13(18)17(12)11-6-7-11/h9-11H,3-8H2,1-2H3,(H,15,18). The Morgan fingerprint density at radius 3 is 2.78 bits per heavy atom. The van der Waals surface area contributed by atoms with Crippen molar-refractivity contribution in [2.45, 2.75) is 58.0 Å². The van der Waals surface area contributed by atoms with Crippen LogP contribution in [0, 0.1) is 10.7 Å². The number of hydrogen-bond acceptors (Lipinski definition) is 3. The molecular weight excluding hydrogens is 244 g/mol. The maximum atomic E-state index is 5.37. The third-order valence-electron chi connectivity index (χ3n) is 4.41. The van der Waals surface area contributed by atoms with Crippen LogP contribution in [0.2, 0.25) is 0 Å². The molecule has 0 radical (unpaired) electrons. The van der Waals surface area contributed by atoms with Gasteiger partial charge in [0.15, 0.2) is 4.77 Å². The molecule has 18 heavy (non-hydrogen) atoms. The summed E-state index contributed by atoms with van der Waals surface area (Å²) in [5, 5.41) is 7.47. The summed E-state index contributed by atoms with van der Waals surface area (Å²) < 4.78 is 3.03. The van der Waals surface area contributed by atoms with Crippen LogP contribution in [-0.4, -0.2) is 27.4 Å². The summed E-state index contributed by atoms with van der Waals surface area (Å²) in [6, 6.07) is 1.18. The molecule has 2 fully saturated rings. The van der Waals surface area contributed by atoms with Gasteiger partial charge in [0.25, 0.3) is 0 Å². The predicted octanol–water partition coefficient (Wildman–Crippen LogP) is 3.29. The van der Waals surface area contributed by atoms with Gasteiger partial charge in [-0.3, -0.25) is 4.57 Å². The van der Waals surface area contributed by atoms with E-state index in [1.807, 2.05) is 0 Å². The van der Waals surface area contributed by atoms with Crippen LogP contribution in [0.15, 0.2) is 0 Å². The molecule has 2 heterocycles. The normalized spacial score (nSPS) is 28.7. The van der Waals surface area contributed by atoms with E-state index >= 15 is 0 Å². The van der Waals surface area contributed by atoms with Crippen molar-refractivity contribution in [2.75, 3.05) is 11.4 Å². The molecular formula is C13H22N4S. The average Bonchev–Trinajstić information content (AvgIpc) is 3.14. The first-order valence-electron chi connectivity index (χ1n) is 7.14. The van der Waals surface area contributed by atoms with Crippen molar-refractivity contribution in [3.63, 3.8) is 0 Å². The van der Waals surface area contributed by atoms with Gasteiger partial charge in [-0.2, -0.15) is 0 Å². The minimum atomic E-state index is 0.579. The van der Waals surface area contributed by atoms with Crippen molar-refractivity contribution in [1.82, 2.24) is 14.8 Å². The van der Waals surface area contributed by atoms with Crippen LogP contribution in [-0.2, 0) is 0 Å². The van der Waals surface area contributed by atoms with Gasteiger partial charge in [-0.05, 0) is 50.7 Å². The Morgan fingerprint density at radius 1 is 1.33 bits per heavy atom. The van der Waals surface area contributed by atoms with Crippen LogP contribution in [0.4, 0.5) is 5.95 Å². The highest BCUT2D eigenvalue weighted by Crippen LogP contribution is 2.39. The van der Waals surface area contributed by atoms with Crippen LogP contribution in [0.25, 0.3) is 0 Å². The monoisotopic (exact) mass is 266 g/mol. The zero-order valence-corrected chi connectivity index (χ0v) is 12.0. The Labute approximate surface area is 113 Å². The molecule has 5 heteroatoms. The van der Waals surface area contributed by atoms with Crippen LogP contribution in [0.1, 0.15) is 52.0 Å². The van der Waals surface area contributed by atoms with E-state index in [1.54, 1.807) is 0 Å². The quantitative estimate of drug-likeness (QED) is 0.853. The lowest BCUT2D eigenvalue weighted by atomic mass is 9.92. The smallest absolute Gasteiger partial charge is 0.226 e. The molecule has 2 unspecified atom stereocenters. The maximum Gasteiger partial charge on any atom is 0.226 e. The minimum Gasteiger partial charge on any atom is -0.338 e. The lowest BCUT2D eigenvalue weighted by Gasteiger charge is -2.38. The third-order valence-corrected chi connectivity index (χ3v) is 4.70. The van der Waals surface area contributed by atoms with Gasteiger partial charge in [-0.25, -0.2) is 5.10 Å². The largest absolute Gasteiger partial charge is 0.338 e. The molecule has 1 aliphatic carbocycles. The van der Waals surface area contributed by atoms with Crippen molar-refractivity contribution in [3.8, 4) is 0 Å². The molecule has 2 aliphatic rings. The summed E-state index contributed by atoms with van der Waals surface area (Å²) in [5.41, 5.74) is 0. The van der Waals surface area contributed by atoms with Gasteiger partial charge >= 0.3 is 0 Å². The lowest BCUT2D eigenvalue weighted by Crippen LogP contribution is -2.43. The van der Waals surface area contributed by atoms with Gasteiger partial charge in [0.05, 0.1) is 0 Å². The fourth-order valence-electron chi connectivity index (χ4n) is 2.95. The Morgan fingerprint density at radius 2 is 2.11 bits per heavy atom. The number of rotatable bonds is 3. The van der Waals surface area contributed by atoms with Crippen LogP contribution in [0.3, 0.4) is 0 Å². The summed E-state index contributed by atoms with van der Waals surface area (Å²) in [5.74, 6) is 1.88. The molecule has 4 nitrogen and oxygen atoms in total. The predicted molar refractivity (Wildman–Crippen MR) is 75.5 cm³/mol. The Bertz CT molecular complexity index is 474. The van der Waals surface area contributed by atoms with E-state index in [9.17, 15) is 0 Å². The van der Waals surface area contributed by atoms with Crippen molar-refractivity contribution in [2.24, 2.45) is 5.92 Å². The van der Waals surface area contributed by atoms with Gasteiger partial charge in [-0.15, -0.1) is 5.10 Å². The molecule has 1 aromatic heterocycles. The Kier molecular flexibility index (Phi) is 3.18. The maximum absolute atomic E-state index is 5.37. The second-order valence-electron chi connectivity index (χ2n) is 5.78. The Hall–Kier alpha value is -0.840. The third kappa shape index (κ3) is 2.09. The molecule has 0 spiro atoms. The fraction of sp³-hybridized carbons (Fsp3) is 0.846. The SMILES string of the molecule is CCC1CCC(C)N(c2n[nH]c(=S)n2C2CC2)C1. The molecule has 0 bridgehead atoms. The van der Waals surface area contributed by atoms with E-state index in [0.29, 0.717) is 12.1 Å². The van der Waals surface area contributed by atoms with E-state index in [1.165, 1.54) is 32.1 Å². The molecule has 2 atom stereocenters. The lowest BCUT2D eigenvalue weighted by molar-refractivity contribution is 0.352. The zero-order valence-electron chi connectivity index (χ0n) is 11.2. The van der Waals surface area contributed by atoms with Gasteiger partial charge in [0.2, 0.25) is 5.95 Å². The number of nitrogens with zero attached hydrogens (tertiary/aromatic N) is 3. The first kappa shape index (κ1) is 12.2. The second-order valence-corrected chi connectivity index (χ2v) is 6.17. The average molecular weight is 266 g/mol. The fourth-order valence-corrected chi connectivity index (χ4v) is 3.23. The van der Waals surface area contributed by atoms with E-state index in [0.717, 1.165) is 23.2 Å². The molecule has 100 valence electrons. The summed E-state index contributed by atoms with van der Waals surface area (Å²) in [7, 11) is 0. The van der Waals surface area contributed by atoms with Gasteiger partial charge in [0.1, 0.15) is 0 Å². The van der Waals surface area contributed by atoms with Gasteiger partial charge < -0.3 is 4.90 Å². The summed E-state index contributed by atoms with van der Waals surface area (Å²) >= 11 is 5.37. The van der Waals surface area contributed by atoms with Gasteiger partial charge in [-0.1, -0.05) is 13.3 Å². The number of piperidine rings is 1. The molecule has 0 aromatic carbocycles. The second kappa shape index (κ2) is 4.68. The first-order chi connectivity index (χ1) is 8.70. The number of H-pyrrole nitrogens is 1. The summed E-state index contributed by atoms with van der Waals surface area (Å²) in [6.07, 6.45) is 6.38. The zero-order chi connectivity index (χ0) is 12.7. The summed E-state index contributed by atoms with van der Waals surface area (Å²) in [6.45, 7) is 5.72. The highest BCUT2D eigenvalue weighted by atomic mass is 32.1. The Balaban J connectivity index is 1.90. The van der Waals surface area contributed by atoms with Crippen molar-refractivity contribution in [1.29, 1.82) is 0 Å². The molecule has 0 amide bonds. The molecule has 1 aliphatic heterocycles. The van der Waals surface area contributed by atoms with Crippen molar-refractivity contribution in [3.05, 3.63) is 4.77 Å². The number of nitrogens with one attached hydrogen (secondary N) is 1. The van der Waals surface area contributed by atoms with E-state index in [4.69, 9.17) is 12.2 Å². The number of aromatic nitrogens is 3. The molecule has 1 aromatic rings. The summed E-state index contributed by atoms with van der Waals surface area (Å²) in [4.78, 5) is 2.46. The molecule has 1 saturated carbocycles. The van der Waals surface area contributed by atoms with E-state index in [-0.39, 0.29) is 0 Å². The number of aromatic amines is 1. The van der Waals surface area contributed by atoms with Crippen LogP contribution >= 0.6 is 12.2 Å². The highest BCUT2D eigenvalue weighted by Gasteiger charge is 2.33. The van der Waals surface area contributed by atoms with E-state index < -0.39 is 0 Å². The van der Waals surface area contributed by atoms with E-state index in [2.05, 4.69) is 33.5 Å². The number of anilines is 1. The molecule has 1 saturated heterocycles. The number of hydrogen-bond donors (Lipinski definition) is 1. The van der Waals surface area contributed by atoms with Crippen LogP contribution < -0.4 is 4.90 Å². The van der Waals surface area contributed by atoms with Crippen molar-refractivity contribution >= 4 is 18.2 Å². The molecule has 3 rings (SSSR count). The van der Waals surface area contributed by atoms with Crippen molar-refractivity contribution < 1.29 is 0 Å². The van der Waals surface area contributed by atoms with Crippen LogP contribution in [0.5, 0.6) is 0 Å². The molecule has 1 N–H and O–H groups in total. The topological polar surface area (TPSA) is 36.9 Å².